The Bertz CT molecular complexity index is 676. The third-order valence-corrected chi connectivity index (χ3v) is 5.97. The van der Waals surface area contributed by atoms with Gasteiger partial charge in [0.05, 0.1) is 0 Å². The Hall–Kier alpha value is -1.58. The van der Waals surface area contributed by atoms with E-state index >= 15 is 0 Å². The topological polar surface area (TPSA) is 40.5 Å². The molecule has 2 aromatic carbocycles. The van der Waals surface area contributed by atoms with E-state index in [-0.39, 0.29) is 0 Å². The van der Waals surface area contributed by atoms with Crippen LogP contribution in [0.25, 0.3) is 11.1 Å². The minimum atomic E-state index is -1.43. The van der Waals surface area contributed by atoms with Crippen molar-refractivity contribution in [2.75, 3.05) is 0 Å². The molecule has 2 aromatic rings. The average molecular weight is 350 g/mol. The fraction of sp³-hybridized carbons (Fsp3) is 0.478. The predicted molar refractivity (Wildman–Crippen MR) is 111 cm³/mol. The van der Waals surface area contributed by atoms with Crippen LogP contribution in [0.1, 0.15) is 69.8 Å². The highest BCUT2D eigenvalue weighted by Gasteiger charge is 2.24. The molecule has 0 atom stereocenters. The van der Waals surface area contributed by atoms with E-state index in [1.807, 2.05) is 36.4 Å². The first-order chi connectivity index (χ1) is 12.7. The van der Waals surface area contributed by atoms with E-state index in [0.29, 0.717) is 11.4 Å². The van der Waals surface area contributed by atoms with Gasteiger partial charge in [-0.25, -0.2) is 0 Å². The lowest BCUT2D eigenvalue weighted by Crippen LogP contribution is -2.32. The van der Waals surface area contributed by atoms with Crippen LogP contribution in [0.5, 0.6) is 0 Å². The highest BCUT2D eigenvalue weighted by Crippen LogP contribution is 2.38. The Kier molecular flexibility index (Phi) is 6.93. The van der Waals surface area contributed by atoms with Crippen molar-refractivity contribution < 1.29 is 10.0 Å². The molecule has 3 heteroatoms. The van der Waals surface area contributed by atoms with Crippen LogP contribution in [0.2, 0.25) is 0 Å². The summed E-state index contributed by atoms with van der Waals surface area (Å²) in [4.78, 5) is 0. The SMILES string of the molecule is CCCCC[C@H]1CC[C@H](c2ccc(-c3ccccc3)c(B(O)O)c2)CC1. The molecule has 1 aliphatic carbocycles. The summed E-state index contributed by atoms with van der Waals surface area (Å²) in [7, 11) is -1.43. The van der Waals surface area contributed by atoms with Crippen LogP contribution >= 0.6 is 0 Å². The van der Waals surface area contributed by atoms with E-state index < -0.39 is 7.12 Å². The zero-order valence-electron chi connectivity index (χ0n) is 15.9. The van der Waals surface area contributed by atoms with Crippen LogP contribution < -0.4 is 5.46 Å². The lowest BCUT2D eigenvalue weighted by Gasteiger charge is -2.29. The van der Waals surface area contributed by atoms with Crippen LogP contribution in [0.3, 0.4) is 0 Å². The quantitative estimate of drug-likeness (QED) is 0.551. The second-order valence-corrected chi connectivity index (χ2v) is 7.80. The van der Waals surface area contributed by atoms with Gasteiger partial charge in [0.25, 0.3) is 0 Å². The summed E-state index contributed by atoms with van der Waals surface area (Å²) in [5.41, 5.74) is 3.83. The summed E-state index contributed by atoms with van der Waals surface area (Å²) in [5, 5.41) is 19.8. The van der Waals surface area contributed by atoms with Gasteiger partial charge < -0.3 is 10.0 Å². The van der Waals surface area contributed by atoms with Gasteiger partial charge in [0.1, 0.15) is 0 Å². The molecule has 0 amide bonds. The third kappa shape index (κ3) is 4.78. The zero-order chi connectivity index (χ0) is 18.4. The maximum absolute atomic E-state index is 9.91. The van der Waals surface area contributed by atoms with Crippen molar-refractivity contribution in [3.8, 4) is 11.1 Å². The molecule has 1 fully saturated rings. The predicted octanol–water partition coefficient (Wildman–Crippen LogP) is 4.89. The smallest absolute Gasteiger partial charge is 0.423 e. The number of hydrogen-bond donors (Lipinski definition) is 2. The molecule has 0 aromatic heterocycles. The van der Waals surface area contributed by atoms with Gasteiger partial charge in [-0.15, -0.1) is 0 Å². The molecule has 0 radical (unpaired) electrons. The van der Waals surface area contributed by atoms with Crippen molar-refractivity contribution in [3.05, 3.63) is 54.1 Å². The Morgan fingerprint density at radius 3 is 2.31 bits per heavy atom. The van der Waals surface area contributed by atoms with Gasteiger partial charge in [0.2, 0.25) is 0 Å². The number of rotatable bonds is 7. The molecule has 0 bridgehead atoms. The third-order valence-electron chi connectivity index (χ3n) is 5.97. The van der Waals surface area contributed by atoms with Crippen LogP contribution in [0.15, 0.2) is 48.5 Å². The molecule has 1 saturated carbocycles. The van der Waals surface area contributed by atoms with Gasteiger partial charge in [-0.3, -0.25) is 0 Å². The van der Waals surface area contributed by atoms with Gasteiger partial charge in [0, 0.05) is 0 Å². The number of unbranched alkanes of at least 4 members (excludes halogenated alkanes) is 2. The Balaban J connectivity index is 1.71. The molecule has 1 aliphatic rings. The fourth-order valence-electron chi connectivity index (χ4n) is 4.40. The normalized spacial score (nSPS) is 20.1. The summed E-state index contributed by atoms with van der Waals surface area (Å²) >= 11 is 0. The standard InChI is InChI=1S/C23H31BO2/c1-2-3-5-8-18-11-13-19(14-12-18)21-15-16-22(23(17-21)24(25)26)20-9-6-4-7-10-20/h4,6-7,9-10,15-19,25-26H,2-3,5,8,11-14H2,1H3/t18-,19-. The highest BCUT2D eigenvalue weighted by atomic mass is 16.4. The van der Waals surface area contributed by atoms with Crippen LogP contribution in [-0.4, -0.2) is 17.2 Å². The highest BCUT2D eigenvalue weighted by molar-refractivity contribution is 6.60. The van der Waals surface area contributed by atoms with E-state index in [1.54, 1.807) is 0 Å². The molecule has 0 unspecified atom stereocenters. The minimum Gasteiger partial charge on any atom is -0.423 e. The lowest BCUT2D eigenvalue weighted by molar-refractivity contribution is 0.303. The second-order valence-electron chi connectivity index (χ2n) is 7.80. The van der Waals surface area contributed by atoms with Crippen molar-refractivity contribution in [3.63, 3.8) is 0 Å². The molecular formula is C23H31BO2. The summed E-state index contributed by atoms with van der Waals surface area (Å²) < 4.78 is 0. The molecule has 0 heterocycles. The summed E-state index contributed by atoms with van der Waals surface area (Å²) in [6, 6.07) is 16.3. The van der Waals surface area contributed by atoms with Gasteiger partial charge in [0.15, 0.2) is 0 Å². The molecule has 0 spiro atoms. The monoisotopic (exact) mass is 350 g/mol. The molecule has 3 rings (SSSR count). The molecule has 2 nitrogen and oxygen atoms in total. The summed E-state index contributed by atoms with van der Waals surface area (Å²) in [6.07, 6.45) is 10.5. The Labute approximate surface area is 158 Å². The molecule has 0 saturated heterocycles. The van der Waals surface area contributed by atoms with E-state index in [0.717, 1.165) is 17.0 Å². The van der Waals surface area contributed by atoms with E-state index in [1.165, 1.54) is 56.9 Å². The van der Waals surface area contributed by atoms with E-state index in [9.17, 15) is 10.0 Å². The van der Waals surface area contributed by atoms with Crippen molar-refractivity contribution >= 4 is 12.6 Å². The maximum Gasteiger partial charge on any atom is 0.489 e. The molecule has 26 heavy (non-hydrogen) atoms. The fourth-order valence-corrected chi connectivity index (χ4v) is 4.40. The van der Waals surface area contributed by atoms with Crippen molar-refractivity contribution in [1.29, 1.82) is 0 Å². The number of hydrogen-bond acceptors (Lipinski definition) is 2. The maximum atomic E-state index is 9.91. The average Bonchev–Trinajstić information content (AvgIpc) is 2.69. The van der Waals surface area contributed by atoms with Crippen molar-refractivity contribution in [2.24, 2.45) is 5.92 Å². The van der Waals surface area contributed by atoms with Gasteiger partial charge in [-0.05, 0) is 59.7 Å². The minimum absolute atomic E-state index is 0.555. The van der Waals surface area contributed by atoms with Gasteiger partial charge >= 0.3 is 7.12 Å². The first-order valence-electron chi connectivity index (χ1n) is 10.2. The van der Waals surface area contributed by atoms with E-state index in [2.05, 4.69) is 19.1 Å². The Morgan fingerprint density at radius 1 is 0.923 bits per heavy atom. The largest absolute Gasteiger partial charge is 0.489 e. The molecule has 2 N–H and O–H groups in total. The van der Waals surface area contributed by atoms with Gasteiger partial charge in [-0.2, -0.15) is 0 Å². The van der Waals surface area contributed by atoms with Crippen LogP contribution in [0.4, 0.5) is 0 Å². The van der Waals surface area contributed by atoms with Gasteiger partial charge in [-0.1, -0.05) is 81.1 Å². The van der Waals surface area contributed by atoms with Crippen LogP contribution in [0, 0.1) is 5.92 Å². The first kappa shape index (κ1) is 19.2. The zero-order valence-corrected chi connectivity index (χ0v) is 15.9. The second kappa shape index (κ2) is 9.39. The van der Waals surface area contributed by atoms with Crippen molar-refractivity contribution in [1.82, 2.24) is 0 Å². The molecular weight excluding hydrogens is 319 g/mol. The van der Waals surface area contributed by atoms with Crippen molar-refractivity contribution in [2.45, 2.75) is 64.2 Å². The molecule has 0 aliphatic heterocycles. The first-order valence-corrected chi connectivity index (χ1v) is 10.2. The van der Waals surface area contributed by atoms with Crippen LogP contribution in [-0.2, 0) is 0 Å². The summed E-state index contributed by atoms with van der Waals surface area (Å²) in [5.74, 6) is 1.45. The number of benzene rings is 2. The Morgan fingerprint density at radius 2 is 1.65 bits per heavy atom. The van der Waals surface area contributed by atoms with E-state index in [4.69, 9.17) is 0 Å². The summed E-state index contributed by atoms with van der Waals surface area (Å²) in [6.45, 7) is 2.27. The lowest BCUT2D eigenvalue weighted by atomic mass is 9.71. The molecule has 138 valence electrons.